The molecule has 1 aromatic rings. The molecule has 3 nitrogen and oxygen atoms in total. The minimum atomic E-state index is -0.311. The maximum Gasteiger partial charge on any atom is 0.223 e. The van der Waals surface area contributed by atoms with E-state index in [1.807, 2.05) is 0 Å². The summed E-state index contributed by atoms with van der Waals surface area (Å²) < 4.78 is 14.4. The van der Waals surface area contributed by atoms with Crippen molar-refractivity contribution in [3.63, 3.8) is 0 Å². The monoisotopic (exact) mass is 359 g/mol. The first-order valence-electron chi connectivity index (χ1n) is 6.30. The van der Waals surface area contributed by atoms with E-state index < -0.39 is 0 Å². The van der Waals surface area contributed by atoms with E-state index in [2.05, 4.69) is 15.9 Å². The molecule has 0 N–H and O–H groups in total. The van der Waals surface area contributed by atoms with Crippen molar-refractivity contribution in [3.05, 3.63) is 34.1 Å². The fourth-order valence-corrected chi connectivity index (χ4v) is 3.24. The Morgan fingerprint density at radius 2 is 2.30 bits per heavy atom. The standard InChI is InChI=1S/C14H15BrFNO2S/c1-9(18)20-8-10-4-14(19)17(6-10)7-11-2-3-12(15)5-13(11)16/h2-3,5,10H,4,6-8H2,1H3. The van der Waals surface area contributed by atoms with Crippen LogP contribution in [0.3, 0.4) is 0 Å². The Hall–Kier alpha value is -0.880. The molecule has 0 radical (unpaired) electrons. The average molecular weight is 360 g/mol. The molecule has 0 bridgehead atoms. The van der Waals surface area contributed by atoms with Crippen LogP contribution in [-0.2, 0) is 16.1 Å². The molecule has 0 aromatic heterocycles. The highest BCUT2D eigenvalue weighted by Crippen LogP contribution is 2.25. The number of hydrogen-bond acceptors (Lipinski definition) is 3. The predicted octanol–water partition coefficient (Wildman–Crippen LogP) is 3.22. The van der Waals surface area contributed by atoms with Crippen molar-refractivity contribution in [1.82, 2.24) is 4.90 Å². The summed E-state index contributed by atoms with van der Waals surface area (Å²) >= 11 is 4.46. The van der Waals surface area contributed by atoms with E-state index in [9.17, 15) is 14.0 Å². The van der Waals surface area contributed by atoms with Crippen LogP contribution in [0.4, 0.5) is 4.39 Å². The summed E-state index contributed by atoms with van der Waals surface area (Å²) in [6.45, 7) is 2.41. The fourth-order valence-electron chi connectivity index (χ4n) is 2.21. The number of likely N-dealkylation sites (tertiary alicyclic amines) is 1. The van der Waals surface area contributed by atoms with Crippen LogP contribution in [0.1, 0.15) is 18.9 Å². The van der Waals surface area contributed by atoms with Crippen molar-refractivity contribution < 1.29 is 14.0 Å². The third kappa shape index (κ3) is 4.06. The minimum Gasteiger partial charge on any atom is -0.338 e. The summed E-state index contributed by atoms with van der Waals surface area (Å²) in [5.74, 6) is 0.547. The summed E-state index contributed by atoms with van der Waals surface area (Å²) in [6.07, 6.45) is 0.443. The molecule has 1 aromatic carbocycles. The Morgan fingerprint density at radius 3 is 2.95 bits per heavy atom. The second kappa shape index (κ2) is 6.72. The highest BCUT2D eigenvalue weighted by Gasteiger charge is 2.30. The van der Waals surface area contributed by atoms with Crippen LogP contribution in [-0.4, -0.2) is 28.2 Å². The van der Waals surface area contributed by atoms with Crippen molar-refractivity contribution in [2.75, 3.05) is 12.3 Å². The van der Waals surface area contributed by atoms with Gasteiger partial charge in [-0.2, -0.15) is 0 Å². The van der Waals surface area contributed by atoms with E-state index >= 15 is 0 Å². The molecule has 1 aliphatic rings. The first kappa shape index (κ1) is 15.5. The fraction of sp³-hybridized carbons (Fsp3) is 0.429. The lowest BCUT2D eigenvalue weighted by Gasteiger charge is -2.17. The average Bonchev–Trinajstić information content (AvgIpc) is 2.71. The number of carbonyl (C=O) groups excluding carboxylic acids is 2. The molecule has 2 rings (SSSR count). The molecule has 0 spiro atoms. The third-order valence-electron chi connectivity index (χ3n) is 3.19. The van der Waals surface area contributed by atoms with Crippen molar-refractivity contribution in [2.45, 2.75) is 19.9 Å². The lowest BCUT2D eigenvalue weighted by Crippen LogP contribution is -2.25. The third-order valence-corrected chi connectivity index (χ3v) is 4.73. The number of halogens is 2. The predicted molar refractivity (Wildman–Crippen MR) is 80.8 cm³/mol. The SMILES string of the molecule is CC(=O)SCC1CC(=O)N(Cc2ccc(Br)cc2F)C1. The molecule has 1 aliphatic heterocycles. The molecule has 20 heavy (non-hydrogen) atoms. The molecule has 1 amide bonds. The maximum atomic E-state index is 13.8. The highest BCUT2D eigenvalue weighted by atomic mass is 79.9. The van der Waals surface area contributed by atoms with Gasteiger partial charge in [0.2, 0.25) is 5.91 Å². The molecule has 0 aliphatic carbocycles. The van der Waals surface area contributed by atoms with Crippen LogP contribution in [0, 0.1) is 11.7 Å². The maximum absolute atomic E-state index is 13.8. The van der Waals surface area contributed by atoms with Gasteiger partial charge in [0.25, 0.3) is 0 Å². The normalized spacial score (nSPS) is 18.6. The van der Waals surface area contributed by atoms with Crippen molar-refractivity contribution in [3.8, 4) is 0 Å². The zero-order valence-electron chi connectivity index (χ0n) is 11.1. The number of nitrogens with zero attached hydrogens (tertiary/aromatic N) is 1. The molecular weight excluding hydrogens is 345 g/mol. The van der Waals surface area contributed by atoms with Gasteiger partial charge < -0.3 is 4.90 Å². The van der Waals surface area contributed by atoms with Crippen LogP contribution in [0.2, 0.25) is 0 Å². The van der Waals surface area contributed by atoms with Gasteiger partial charge in [-0.25, -0.2) is 4.39 Å². The van der Waals surface area contributed by atoms with Gasteiger partial charge in [-0.3, -0.25) is 9.59 Å². The number of carbonyl (C=O) groups is 2. The number of amides is 1. The summed E-state index contributed by atoms with van der Waals surface area (Å²) in [7, 11) is 0. The Morgan fingerprint density at radius 1 is 1.55 bits per heavy atom. The number of hydrogen-bond donors (Lipinski definition) is 0. The number of benzene rings is 1. The van der Waals surface area contributed by atoms with Gasteiger partial charge in [-0.1, -0.05) is 33.8 Å². The van der Waals surface area contributed by atoms with E-state index in [0.717, 1.165) is 0 Å². The Bertz CT molecular complexity index is 538. The van der Waals surface area contributed by atoms with Crippen LogP contribution in [0.25, 0.3) is 0 Å². The second-order valence-electron chi connectivity index (χ2n) is 4.88. The molecule has 1 atom stereocenters. The molecule has 1 fully saturated rings. The molecule has 6 heteroatoms. The van der Waals surface area contributed by atoms with Crippen molar-refractivity contribution >= 4 is 38.7 Å². The Balaban J connectivity index is 1.96. The van der Waals surface area contributed by atoms with Crippen LogP contribution in [0.5, 0.6) is 0 Å². The summed E-state index contributed by atoms with van der Waals surface area (Å²) in [5.41, 5.74) is 0.515. The van der Waals surface area contributed by atoms with Crippen molar-refractivity contribution in [1.29, 1.82) is 0 Å². The second-order valence-corrected chi connectivity index (χ2v) is 7.00. The smallest absolute Gasteiger partial charge is 0.223 e. The number of thioether (sulfide) groups is 1. The van der Waals surface area contributed by atoms with E-state index in [4.69, 9.17) is 0 Å². The first-order chi connectivity index (χ1) is 9.45. The summed E-state index contributed by atoms with van der Waals surface area (Å²) in [4.78, 5) is 24.5. The van der Waals surface area contributed by atoms with Crippen LogP contribution in [0.15, 0.2) is 22.7 Å². The van der Waals surface area contributed by atoms with Crippen LogP contribution < -0.4 is 0 Å². The van der Waals surface area contributed by atoms with Crippen molar-refractivity contribution in [2.24, 2.45) is 5.92 Å². The minimum absolute atomic E-state index is 0.0291. The molecule has 1 saturated heterocycles. The van der Waals surface area contributed by atoms with Gasteiger partial charge in [-0.05, 0) is 18.1 Å². The zero-order valence-corrected chi connectivity index (χ0v) is 13.5. The van der Waals surface area contributed by atoms with Gasteiger partial charge in [0.15, 0.2) is 5.12 Å². The van der Waals surface area contributed by atoms with E-state index in [1.54, 1.807) is 17.0 Å². The van der Waals surface area contributed by atoms with Gasteiger partial charge >= 0.3 is 0 Å². The summed E-state index contributed by atoms with van der Waals surface area (Å²) in [5, 5.41) is 0.0647. The Kier molecular flexibility index (Phi) is 5.21. The van der Waals surface area contributed by atoms with Crippen LogP contribution >= 0.6 is 27.7 Å². The molecule has 108 valence electrons. The molecule has 1 heterocycles. The topological polar surface area (TPSA) is 37.4 Å². The molecular formula is C14H15BrFNO2S. The highest BCUT2D eigenvalue weighted by molar-refractivity contribution is 9.10. The quantitative estimate of drug-likeness (QED) is 0.828. The van der Waals surface area contributed by atoms with Gasteiger partial charge in [-0.15, -0.1) is 0 Å². The largest absolute Gasteiger partial charge is 0.338 e. The van der Waals surface area contributed by atoms with Gasteiger partial charge in [0.1, 0.15) is 5.82 Å². The van der Waals surface area contributed by atoms with E-state index in [1.165, 1.54) is 24.8 Å². The number of rotatable bonds is 4. The molecule has 1 unspecified atom stereocenters. The van der Waals surface area contributed by atoms with E-state index in [0.29, 0.717) is 35.3 Å². The lowest BCUT2D eigenvalue weighted by molar-refractivity contribution is -0.128. The lowest BCUT2D eigenvalue weighted by atomic mass is 10.1. The first-order valence-corrected chi connectivity index (χ1v) is 8.08. The van der Waals surface area contributed by atoms with E-state index in [-0.39, 0.29) is 22.8 Å². The molecule has 0 saturated carbocycles. The van der Waals surface area contributed by atoms with Gasteiger partial charge in [0, 0.05) is 42.2 Å². The van der Waals surface area contributed by atoms with Gasteiger partial charge in [0.05, 0.1) is 0 Å². The Labute approximate surface area is 130 Å². The zero-order chi connectivity index (χ0) is 14.7. The summed E-state index contributed by atoms with van der Waals surface area (Å²) in [6, 6.07) is 4.85.